The highest BCUT2D eigenvalue weighted by Gasteiger charge is 2.19. The molecule has 0 spiro atoms. The Kier molecular flexibility index (Phi) is 6.95. The highest BCUT2D eigenvalue weighted by molar-refractivity contribution is 5.95. The van der Waals surface area contributed by atoms with Gasteiger partial charge in [-0.05, 0) is 45.6 Å². The normalized spacial score (nSPS) is 11.0. The van der Waals surface area contributed by atoms with Gasteiger partial charge in [0.05, 0.1) is 0 Å². The molecule has 1 aromatic carbocycles. The summed E-state index contributed by atoms with van der Waals surface area (Å²) < 4.78 is 0. The Labute approximate surface area is 150 Å². The molecular formula is C20H28N4O. The molecule has 2 aromatic rings. The maximum Gasteiger partial charge on any atom is 0.254 e. The van der Waals surface area contributed by atoms with Crippen LogP contribution in [-0.4, -0.2) is 53.9 Å². The summed E-state index contributed by atoms with van der Waals surface area (Å²) in [5, 5.41) is 3.27. The summed E-state index contributed by atoms with van der Waals surface area (Å²) in [7, 11) is 4.05. The lowest BCUT2D eigenvalue weighted by Crippen LogP contribution is -2.36. The lowest BCUT2D eigenvalue weighted by molar-refractivity contribution is 0.0690. The van der Waals surface area contributed by atoms with E-state index in [-0.39, 0.29) is 11.9 Å². The Morgan fingerprint density at radius 3 is 2.52 bits per heavy atom. The molecule has 0 fully saturated rings. The van der Waals surface area contributed by atoms with E-state index in [4.69, 9.17) is 0 Å². The lowest BCUT2D eigenvalue weighted by atomic mass is 10.1. The van der Waals surface area contributed by atoms with Gasteiger partial charge in [-0.2, -0.15) is 0 Å². The molecule has 0 radical (unpaired) electrons. The zero-order valence-electron chi connectivity index (χ0n) is 15.6. The second-order valence-corrected chi connectivity index (χ2v) is 6.67. The van der Waals surface area contributed by atoms with Crippen LogP contribution in [0.5, 0.6) is 0 Å². The van der Waals surface area contributed by atoms with E-state index < -0.39 is 0 Å². The van der Waals surface area contributed by atoms with Crippen molar-refractivity contribution in [1.29, 1.82) is 0 Å². The zero-order chi connectivity index (χ0) is 18.2. The fourth-order valence-corrected chi connectivity index (χ4v) is 2.50. The average molecular weight is 340 g/mol. The molecule has 5 heteroatoms. The van der Waals surface area contributed by atoms with Gasteiger partial charge in [-0.15, -0.1) is 0 Å². The molecule has 0 atom stereocenters. The minimum atomic E-state index is 0.0249. The molecule has 0 saturated carbocycles. The maximum atomic E-state index is 13.0. The van der Waals surface area contributed by atoms with E-state index in [0.717, 1.165) is 24.5 Å². The fourth-order valence-electron chi connectivity index (χ4n) is 2.50. The minimum Gasteiger partial charge on any atom is -0.369 e. The quantitative estimate of drug-likeness (QED) is 0.802. The van der Waals surface area contributed by atoms with Gasteiger partial charge in [-0.25, -0.2) is 4.98 Å². The Balaban J connectivity index is 2.10. The topological polar surface area (TPSA) is 48.5 Å². The van der Waals surface area contributed by atoms with Crippen molar-refractivity contribution < 1.29 is 4.79 Å². The molecule has 2 rings (SSSR count). The van der Waals surface area contributed by atoms with Crippen LogP contribution in [0.25, 0.3) is 0 Å². The maximum absolute atomic E-state index is 13.0. The summed E-state index contributed by atoms with van der Waals surface area (Å²) in [6.45, 7) is 6.38. The number of benzene rings is 1. The van der Waals surface area contributed by atoms with Crippen LogP contribution in [-0.2, 0) is 6.54 Å². The molecule has 0 unspecified atom stereocenters. The summed E-state index contributed by atoms with van der Waals surface area (Å²) in [5.74, 6) is 0.757. The number of amides is 1. The van der Waals surface area contributed by atoms with Gasteiger partial charge in [-0.1, -0.05) is 30.3 Å². The first-order chi connectivity index (χ1) is 12.0. The van der Waals surface area contributed by atoms with Gasteiger partial charge >= 0.3 is 0 Å². The van der Waals surface area contributed by atoms with Gasteiger partial charge in [0.1, 0.15) is 5.82 Å². The highest BCUT2D eigenvalue weighted by Crippen LogP contribution is 2.15. The number of nitrogens with one attached hydrogen (secondary N) is 1. The van der Waals surface area contributed by atoms with Crippen molar-refractivity contribution >= 4 is 11.7 Å². The van der Waals surface area contributed by atoms with Crippen molar-refractivity contribution in [2.75, 3.05) is 32.5 Å². The molecule has 0 aliphatic carbocycles. The smallest absolute Gasteiger partial charge is 0.254 e. The summed E-state index contributed by atoms with van der Waals surface area (Å²) in [5.41, 5.74) is 1.79. The van der Waals surface area contributed by atoms with E-state index in [9.17, 15) is 4.79 Å². The van der Waals surface area contributed by atoms with Crippen molar-refractivity contribution in [2.45, 2.75) is 26.4 Å². The molecule has 0 saturated heterocycles. The first-order valence-corrected chi connectivity index (χ1v) is 8.67. The van der Waals surface area contributed by atoms with Crippen LogP contribution < -0.4 is 5.32 Å². The number of pyridine rings is 1. The molecule has 1 aromatic heterocycles. The van der Waals surface area contributed by atoms with E-state index in [1.807, 2.05) is 69.2 Å². The predicted octanol–water partition coefficient (Wildman–Crippen LogP) is 3.11. The average Bonchev–Trinajstić information content (AvgIpc) is 2.60. The van der Waals surface area contributed by atoms with Crippen molar-refractivity contribution in [3.8, 4) is 0 Å². The Hall–Kier alpha value is -2.40. The molecule has 1 N–H and O–H groups in total. The summed E-state index contributed by atoms with van der Waals surface area (Å²) in [4.78, 5) is 21.3. The summed E-state index contributed by atoms with van der Waals surface area (Å²) in [6.07, 6.45) is 1.69. The Morgan fingerprint density at radius 2 is 1.88 bits per heavy atom. The number of rotatable bonds is 8. The number of nitrogens with zero attached hydrogens (tertiary/aromatic N) is 3. The number of aromatic nitrogens is 1. The second kappa shape index (κ2) is 9.18. The number of anilines is 1. The second-order valence-electron chi connectivity index (χ2n) is 6.67. The van der Waals surface area contributed by atoms with Gasteiger partial charge in [0.15, 0.2) is 0 Å². The molecule has 1 amide bonds. The molecular weight excluding hydrogens is 312 g/mol. The van der Waals surface area contributed by atoms with Gasteiger partial charge in [0.25, 0.3) is 5.91 Å². The van der Waals surface area contributed by atoms with Crippen molar-refractivity contribution in [3.05, 3.63) is 59.8 Å². The van der Waals surface area contributed by atoms with Crippen LogP contribution >= 0.6 is 0 Å². The van der Waals surface area contributed by atoms with E-state index in [2.05, 4.69) is 15.2 Å². The summed E-state index contributed by atoms with van der Waals surface area (Å²) >= 11 is 0. The SMILES string of the molecule is CC(C)N(Cc1ccccc1)C(=O)c1ccnc(NCCN(C)C)c1. The molecule has 0 bridgehead atoms. The molecule has 0 aliphatic rings. The van der Waals surface area contributed by atoms with Gasteiger partial charge in [0, 0.05) is 37.4 Å². The van der Waals surface area contributed by atoms with Crippen LogP contribution in [0, 0.1) is 0 Å². The fraction of sp³-hybridized carbons (Fsp3) is 0.400. The standard InChI is InChI=1S/C20H28N4O/c1-16(2)24(15-17-8-6-5-7-9-17)20(25)18-10-11-21-19(14-18)22-12-13-23(3)4/h5-11,14,16H,12-13,15H2,1-4H3,(H,21,22). The lowest BCUT2D eigenvalue weighted by Gasteiger charge is -2.27. The van der Waals surface area contributed by atoms with Crippen molar-refractivity contribution in [3.63, 3.8) is 0 Å². The largest absolute Gasteiger partial charge is 0.369 e. The van der Waals surface area contributed by atoms with Crippen LogP contribution in [0.4, 0.5) is 5.82 Å². The van der Waals surface area contributed by atoms with E-state index in [1.165, 1.54) is 0 Å². The van der Waals surface area contributed by atoms with E-state index in [0.29, 0.717) is 12.1 Å². The molecule has 5 nitrogen and oxygen atoms in total. The van der Waals surface area contributed by atoms with E-state index >= 15 is 0 Å². The predicted molar refractivity (Wildman–Crippen MR) is 103 cm³/mol. The summed E-state index contributed by atoms with van der Waals surface area (Å²) in [6, 6.07) is 13.8. The third-order valence-electron chi connectivity index (χ3n) is 3.95. The van der Waals surface area contributed by atoms with Gasteiger partial charge in [-0.3, -0.25) is 4.79 Å². The third-order valence-corrected chi connectivity index (χ3v) is 3.95. The first kappa shape index (κ1) is 18.9. The number of hydrogen-bond acceptors (Lipinski definition) is 4. The minimum absolute atomic E-state index is 0.0249. The number of carbonyl (C=O) groups excluding carboxylic acids is 1. The molecule has 25 heavy (non-hydrogen) atoms. The monoisotopic (exact) mass is 340 g/mol. The number of likely N-dealkylation sites (N-methyl/N-ethyl adjacent to an activating group) is 1. The molecule has 1 heterocycles. The van der Waals surface area contributed by atoms with Crippen molar-refractivity contribution in [1.82, 2.24) is 14.8 Å². The zero-order valence-corrected chi connectivity index (χ0v) is 15.6. The van der Waals surface area contributed by atoms with Gasteiger partial charge in [0.2, 0.25) is 0 Å². The van der Waals surface area contributed by atoms with Crippen molar-refractivity contribution in [2.24, 2.45) is 0 Å². The number of carbonyl (C=O) groups is 1. The molecule has 0 aliphatic heterocycles. The van der Waals surface area contributed by atoms with Gasteiger partial charge < -0.3 is 15.1 Å². The third kappa shape index (κ3) is 5.87. The van der Waals surface area contributed by atoms with Crippen LogP contribution in [0.3, 0.4) is 0 Å². The van der Waals surface area contributed by atoms with Crippen LogP contribution in [0.2, 0.25) is 0 Å². The first-order valence-electron chi connectivity index (χ1n) is 8.67. The van der Waals surface area contributed by atoms with E-state index in [1.54, 1.807) is 12.3 Å². The molecule has 134 valence electrons. The Bertz CT molecular complexity index is 670. The number of hydrogen-bond donors (Lipinski definition) is 1. The highest BCUT2D eigenvalue weighted by atomic mass is 16.2. The Morgan fingerprint density at radius 1 is 1.16 bits per heavy atom. The van der Waals surface area contributed by atoms with Crippen LogP contribution in [0.1, 0.15) is 29.8 Å². The van der Waals surface area contributed by atoms with Crippen LogP contribution in [0.15, 0.2) is 48.7 Å².